The second-order valence-corrected chi connectivity index (χ2v) is 7.60. The minimum absolute atomic E-state index is 0.0902. The fourth-order valence-corrected chi connectivity index (χ4v) is 3.64. The number of anilines is 1. The van der Waals surface area contributed by atoms with Crippen LogP contribution in [0.3, 0.4) is 0 Å². The van der Waals surface area contributed by atoms with Gasteiger partial charge >= 0.3 is 0 Å². The number of benzene rings is 2. The van der Waals surface area contributed by atoms with Gasteiger partial charge in [-0.15, -0.1) is 0 Å². The van der Waals surface area contributed by atoms with E-state index in [9.17, 15) is 4.79 Å². The number of nitrogens with one attached hydrogen (secondary N) is 2. The number of carbonyl (C=O) groups is 1. The molecular formula is C21H24N4O3S. The molecular weight excluding hydrogens is 388 g/mol. The number of amides is 1. The van der Waals surface area contributed by atoms with Crippen molar-refractivity contribution in [2.45, 2.75) is 23.9 Å². The summed E-state index contributed by atoms with van der Waals surface area (Å²) in [6.45, 7) is 2.23. The van der Waals surface area contributed by atoms with Gasteiger partial charge in [0.2, 0.25) is 5.91 Å². The van der Waals surface area contributed by atoms with Crippen LogP contribution in [0, 0.1) is 0 Å². The average Bonchev–Trinajstić information content (AvgIpc) is 2.76. The molecule has 29 heavy (non-hydrogen) atoms. The van der Waals surface area contributed by atoms with Crippen molar-refractivity contribution in [3.63, 3.8) is 0 Å². The van der Waals surface area contributed by atoms with Crippen molar-refractivity contribution in [2.24, 2.45) is 0 Å². The van der Waals surface area contributed by atoms with Gasteiger partial charge < -0.3 is 20.1 Å². The highest BCUT2D eigenvalue weighted by Gasteiger charge is 2.17. The topological polar surface area (TPSA) is 85.4 Å². The maximum atomic E-state index is 12.6. The number of carbonyl (C=O) groups excluding carboxylic acids is 1. The lowest BCUT2D eigenvalue weighted by molar-refractivity contribution is -0.120. The standard InChI is InChI=1S/C21H24N4O3S/c1-13(20(26)23-12-14-9-10-17(27-3)18(11-14)28-4)29-21-24-16-8-6-5-7-15(16)19(22-2)25-21/h5-11,13H,12H2,1-4H3,(H,23,26)(H,22,24,25). The number of thioether (sulfide) groups is 1. The molecule has 0 aliphatic heterocycles. The normalized spacial score (nSPS) is 11.7. The van der Waals surface area contributed by atoms with E-state index in [2.05, 4.69) is 20.6 Å². The second-order valence-electron chi connectivity index (χ2n) is 6.29. The van der Waals surface area contributed by atoms with Gasteiger partial charge in [0, 0.05) is 19.0 Å². The Morgan fingerprint density at radius 3 is 2.59 bits per heavy atom. The van der Waals surface area contributed by atoms with Crippen molar-refractivity contribution in [1.29, 1.82) is 0 Å². The highest BCUT2D eigenvalue weighted by atomic mass is 32.2. The first-order valence-electron chi connectivity index (χ1n) is 9.15. The van der Waals surface area contributed by atoms with E-state index in [1.807, 2.05) is 56.4 Å². The summed E-state index contributed by atoms with van der Waals surface area (Å²) in [6.07, 6.45) is 0. The van der Waals surface area contributed by atoms with E-state index in [1.54, 1.807) is 14.2 Å². The lowest BCUT2D eigenvalue weighted by Gasteiger charge is -2.14. The van der Waals surface area contributed by atoms with E-state index < -0.39 is 0 Å². The van der Waals surface area contributed by atoms with Gasteiger partial charge in [0.1, 0.15) is 5.82 Å². The fourth-order valence-electron chi connectivity index (χ4n) is 2.83. The first kappa shape index (κ1) is 20.7. The number of ether oxygens (including phenoxy) is 2. The fraction of sp³-hybridized carbons (Fsp3) is 0.286. The van der Waals surface area contributed by atoms with Gasteiger partial charge in [-0.25, -0.2) is 9.97 Å². The third-order valence-electron chi connectivity index (χ3n) is 4.39. The van der Waals surface area contributed by atoms with Crippen molar-refractivity contribution in [2.75, 3.05) is 26.6 Å². The molecule has 1 aromatic heterocycles. The van der Waals surface area contributed by atoms with Crippen LogP contribution in [-0.2, 0) is 11.3 Å². The molecule has 152 valence electrons. The summed E-state index contributed by atoms with van der Waals surface area (Å²) in [7, 11) is 5.00. The van der Waals surface area contributed by atoms with Crippen molar-refractivity contribution in [3.8, 4) is 11.5 Å². The first-order chi connectivity index (χ1) is 14.0. The van der Waals surface area contributed by atoms with Crippen LogP contribution in [0.1, 0.15) is 12.5 Å². The van der Waals surface area contributed by atoms with E-state index in [1.165, 1.54) is 11.8 Å². The highest BCUT2D eigenvalue weighted by Crippen LogP contribution is 2.28. The van der Waals surface area contributed by atoms with Gasteiger partial charge in [-0.05, 0) is 36.8 Å². The van der Waals surface area contributed by atoms with Crippen molar-refractivity contribution in [3.05, 3.63) is 48.0 Å². The van der Waals surface area contributed by atoms with Gasteiger partial charge in [0.25, 0.3) is 0 Å². The van der Waals surface area contributed by atoms with Gasteiger partial charge in [0.15, 0.2) is 16.7 Å². The molecule has 1 heterocycles. The van der Waals surface area contributed by atoms with Crippen LogP contribution in [0.4, 0.5) is 5.82 Å². The molecule has 0 fully saturated rings. The Kier molecular flexibility index (Phi) is 6.77. The Hall–Kier alpha value is -3.00. The first-order valence-corrected chi connectivity index (χ1v) is 10.0. The maximum Gasteiger partial charge on any atom is 0.233 e. The summed E-state index contributed by atoms with van der Waals surface area (Å²) in [6, 6.07) is 13.3. The molecule has 2 N–H and O–H groups in total. The summed E-state index contributed by atoms with van der Waals surface area (Å²) >= 11 is 1.33. The molecule has 0 saturated heterocycles. The Bertz CT molecular complexity index is 1010. The molecule has 2 aromatic carbocycles. The number of methoxy groups -OCH3 is 2. The number of nitrogens with zero attached hydrogens (tertiary/aromatic N) is 2. The van der Waals surface area contributed by atoms with Gasteiger partial charge in [-0.3, -0.25) is 4.79 Å². The molecule has 3 aromatic rings. The van der Waals surface area contributed by atoms with Crippen LogP contribution in [-0.4, -0.2) is 42.4 Å². The van der Waals surface area contributed by atoms with E-state index in [0.29, 0.717) is 23.2 Å². The smallest absolute Gasteiger partial charge is 0.233 e. The molecule has 1 amide bonds. The summed E-state index contributed by atoms with van der Waals surface area (Å²) < 4.78 is 10.5. The van der Waals surface area contributed by atoms with Crippen LogP contribution in [0.5, 0.6) is 11.5 Å². The predicted molar refractivity (Wildman–Crippen MR) is 116 cm³/mol. The Labute approximate surface area is 174 Å². The molecule has 0 saturated carbocycles. The zero-order valence-corrected chi connectivity index (χ0v) is 17.7. The number of aromatic nitrogens is 2. The third-order valence-corrected chi connectivity index (χ3v) is 5.35. The van der Waals surface area contributed by atoms with E-state index in [4.69, 9.17) is 9.47 Å². The molecule has 7 nitrogen and oxygen atoms in total. The lowest BCUT2D eigenvalue weighted by Crippen LogP contribution is -2.30. The largest absolute Gasteiger partial charge is 0.493 e. The second kappa shape index (κ2) is 9.47. The van der Waals surface area contributed by atoms with Crippen molar-refractivity contribution >= 4 is 34.4 Å². The number of rotatable bonds is 8. The van der Waals surface area contributed by atoms with Crippen LogP contribution in [0.15, 0.2) is 47.6 Å². The molecule has 1 unspecified atom stereocenters. The number of fused-ring (bicyclic) bond motifs is 1. The Morgan fingerprint density at radius 2 is 1.86 bits per heavy atom. The number of para-hydroxylation sites is 1. The van der Waals surface area contributed by atoms with E-state index >= 15 is 0 Å². The Morgan fingerprint density at radius 1 is 1.10 bits per heavy atom. The minimum atomic E-state index is -0.346. The highest BCUT2D eigenvalue weighted by molar-refractivity contribution is 8.00. The molecule has 1 atom stereocenters. The molecule has 8 heteroatoms. The third kappa shape index (κ3) is 4.89. The van der Waals surface area contributed by atoms with E-state index in [-0.39, 0.29) is 11.2 Å². The van der Waals surface area contributed by atoms with Crippen LogP contribution >= 0.6 is 11.8 Å². The van der Waals surface area contributed by atoms with Gasteiger partial charge in [-0.1, -0.05) is 30.0 Å². The SMILES string of the molecule is CNc1nc(SC(C)C(=O)NCc2ccc(OC)c(OC)c2)nc2ccccc12. The summed E-state index contributed by atoms with van der Waals surface area (Å²) in [5, 5.41) is 7.20. The molecule has 0 spiro atoms. The lowest BCUT2D eigenvalue weighted by atomic mass is 10.2. The van der Waals surface area contributed by atoms with Gasteiger partial charge in [-0.2, -0.15) is 0 Å². The maximum absolute atomic E-state index is 12.6. The molecule has 0 aliphatic rings. The molecule has 3 rings (SSSR count). The van der Waals surface area contributed by atoms with Crippen LogP contribution < -0.4 is 20.1 Å². The van der Waals surface area contributed by atoms with Crippen LogP contribution in [0.2, 0.25) is 0 Å². The van der Waals surface area contributed by atoms with Gasteiger partial charge in [0.05, 0.1) is 25.0 Å². The van der Waals surface area contributed by atoms with Crippen molar-refractivity contribution in [1.82, 2.24) is 15.3 Å². The summed E-state index contributed by atoms with van der Waals surface area (Å²) in [4.78, 5) is 21.7. The predicted octanol–water partition coefficient (Wildman–Crippen LogP) is 3.49. The molecule has 0 radical (unpaired) electrons. The minimum Gasteiger partial charge on any atom is -0.493 e. The van der Waals surface area contributed by atoms with Crippen LogP contribution in [0.25, 0.3) is 10.9 Å². The zero-order chi connectivity index (χ0) is 20.8. The zero-order valence-electron chi connectivity index (χ0n) is 16.9. The average molecular weight is 413 g/mol. The molecule has 0 aliphatic carbocycles. The van der Waals surface area contributed by atoms with Crippen molar-refractivity contribution < 1.29 is 14.3 Å². The number of hydrogen-bond donors (Lipinski definition) is 2. The quantitative estimate of drug-likeness (QED) is 0.433. The number of hydrogen-bond acceptors (Lipinski definition) is 7. The monoisotopic (exact) mass is 412 g/mol. The summed E-state index contributed by atoms with van der Waals surface area (Å²) in [5.41, 5.74) is 1.76. The molecule has 0 bridgehead atoms. The summed E-state index contributed by atoms with van der Waals surface area (Å²) in [5.74, 6) is 1.94. The van der Waals surface area contributed by atoms with E-state index in [0.717, 1.165) is 22.3 Å². The Balaban J connectivity index is 1.66.